The Morgan fingerprint density at radius 2 is 1.70 bits per heavy atom. The van der Waals surface area contributed by atoms with Crippen LogP contribution in [0.1, 0.15) is 10.4 Å². The van der Waals surface area contributed by atoms with Crippen LogP contribution in [0.25, 0.3) is 0 Å². The van der Waals surface area contributed by atoms with Crippen LogP contribution in [0.15, 0.2) is 41.3 Å². The van der Waals surface area contributed by atoms with Crippen molar-refractivity contribution in [3.8, 4) is 0 Å². The van der Waals surface area contributed by atoms with Crippen molar-refractivity contribution in [2.45, 2.75) is 4.90 Å². The zero-order chi connectivity index (χ0) is 19.6. The van der Waals surface area contributed by atoms with E-state index in [0.717, 1.165) is 16.4 Å². The maximum Gasteiger partial charge on any atom is 0.255 e. The van der Waals surface area contributed by atoms with Crippen LogP contribution in [0.2, 0.25) is 10.0 Å². The molecule has 2 aromatic carbocycles. The maximum absolute atomic E-state index is 14.2. The van der Waals surface area contributed by atoms with Crippen molar-refractivity contribution >= 4 is 44.8 Å². The second-order valence-corrected chi connectivity index (χ2v) is 8.55. The first-order chi connectivity index (χ1) is 12.8. The van der Waals surface area contributed by atoms with Gasteiger partial charge in [0.1, 0.15) is 10.7 Å². The summed E-state index contributed by atoms with van der Waals surface area (Å²) in [5.41, 5.74) is 0.318. The van der Waals surface area contributed by atoms with Gasteiger partial charge in [-0.2, -0.15) is 4.31 Å². The summed E-state index contributed by atoms with van der Waals surface area (Å²) in [7, 11) is -4.04. The molecule has 1 saturated heterocycles. The first-order valence-electron chi connectivity index (χ1n) is 7.92. The van der Waals surface area contributed by atoms with Gasteiger partial charge >= 0.3 is 0 Å². The van der Waals surface area contributed by atoms with Gasteiger partial charge in [-0.05, 0) is 36.4 Å². The molecule has 1 heterocycles. The lowest BCUT2D eigenvalue weighted by Crippen LogP contribution is -2.40. The summed E-state index contributed by atoms with van der Waals surface area (Å²) >= 11 is 11.8. The third-order valence-electron chi connectivity index (χ3n) is 3.90. The van der Waals surface area contributed by atoms with Gasteiger partial charge in [0.2, 0.25) is 10.0 Å². The summed E-state index contributed by atoms with van der Waals surface area (Å²) in [6.07, 6.45) is 0. The monoisotopic (exact) mass is 432 g/mol. The largest absolute Gasteiger partial charge is 0.379 e. The van der Waals surface area contributed by atoms with Crippen molar-refractivity contribution in [2.24, 2.45) is 0 Å². The lowest BCUT2D eigenvalue weighted by molar-refractivity contribution is 0.0729. The molecular weight excluding hydrogens is 418 g/mol. The summed E-state index contributed by atoms with van der Waals surface area (Å²) in [6, 6.07) is 7.66. The van der Waals surface area contributed by atoms with Crippen molar-refractivity contribution < 1.29 is 22.3 Å². The minimum atomic E-state index is -4.04. The molecule has 0 saturated carbocycles. The summed E-state index contributed by atoms with van der Waals surface area (Å²) in [4.78, 5) is 11.9. The standard InChI is InChI=1S/C17H15Cl2FN2O4S/c18-12-7-11(8-13(19)9-12)17(23)21-14-1-2-15(20)16(10-14)27(24,25)22-3-5-26-6-4-22/h1-2,7-10H,3-6H2,(H,21,23). The highest BCUT2D eigenvalue weighted by Crippen LogP contribution is 2.25. The van der Waals surface area contributed by atoms with Gasteiger partial charge < -0.3 is 10.1 Å². The quantitative estimate of drug-likeness (QED) is 0.802. The Bertz CT molecular complexity index is 959. The second-order valence-electron chi connectivity index (χ2n) is 5.77. The molecule has 27 heavy (non-hydrogen) atoms. The van der Waals surface area contributed by atoms with Crippen molar-refractivity contribution in [3.63, 3.8) is 0 Å². The van der Waals surface area contributed by atoms with E-state index in [0.29, 0.717) is 0 Å². The van der Waals surface area contributed by atoms with Crippen LogP contribution in [0.5, 0.6) is 0 Å². The number of nitrogens with one attached hydrogen (secondary N) is 1. The zero-order valence-corrected chi connectivity index (χ0v) is 16.2. The van der Waals surface area contributed by atoms with Gasteiger partial charge in [0.05, 0.1) is 13.2 Å². The molecule has 0 aromatic heterocycles. The average Bonchev–Trinajstić information content (AvgIpc) is 2.63. The Morgan fingerprint density at radius 1 is 1.07 bits per heavy atom. The number of morpholine rings is 1. The molecule has 0 radical (unpaired) electrons. The molecule has 1 amide bonds. The van der Waals surface area contributed by atoms with Gasteiger partial charge in [0, 0.05) is 34.4 Å². The second kappa shape index (κ2) is 8.12. The Morgan fingerprint density at radius 3 is 2.33 bits per heavy atom. The first-order valence-corrected chi connectivity index (χ1v) is 10.1. The predicted molar refractivity (Wildman–Crippen MR) is 100 cm³/mol. The number of ether oxygens (including phenoxy) is 1. The fourth-order valence-corrected chi connectivity index (χ4v) is 4.62. The molecule has 10 heteroatoms. The van der Waals surface area contributed by atoms with Crippen molar-refractivity contribution in [1.29, 1.82) is 0 Å². The highest BCUT2D eigenvalue weighted by Gasteiger charge is 2.29. The lowest BCUT2D eigenvalue weighted by atomic mass is 10.2. The van der Waals surface area contributed by atoms with Gasteiger partial charge in [0.25, 0.3) is 5.91 Å². The average molecular weight is 433 g/mol. The normalized spacial score (nSPS) is 15.5. The van der Waals surface area contributed by atoms with E-state index in [2.05, 4.69) is 5.32 Å². The van der Waals surface area contributed by atoms with E-state index < -0.39 is 26.6 Å². The van der Waals surface area contributed by atoms with Crippen LogP contribution >= 0.6 is 23.2 Å². The fourth-order valence-electron chi connectivity index (χ4n) is 2.59. The van der Waals surface area contributed by atoms with Crippen LogP contribution in [0.4, 0.5) is 10.1 Å². The number of rotatable bonds is 4. The Kier molecular flexibility index (Phi) is 6.02. The summed E-state index contributed by atoms with van der Waals surface area (Å²) in [5, 5.41) is 3.08. The van der Waals surface area contributed by atoms with E-state index in [9.17, 15) is 17.6 Å². The fraction of sp³-hybridized carbons (Fsp3) is 0.235. The van der Waals surface area contributed by atoms with Gasteiger partial charge in [0.15, 0.2) is 0 Å². The minimum absolute atomic E-state index is 0.129. The SMILES string of the molecule is O=C(Nc1ccc(F)c(S(=O)(=O)N2CCOCC2)c1)c1cc(Cl)cc(Cl)c1. The minimum Gasteiger partial charge on any atom is -0.379 e. The number of hydrogen-bond acceptors (Lipinski definition) is 4. The summed E-state index contributed by atoms with van der Waals surface area (Å²) in [6.45, 7) is 0.762. The molecule has 0 bridgehead atoms. The lowest BCUT2D eigenvalue weighted by Gasteiger charge is -2.26. The number of halogens is 3. The van der Waals surface area contributed by atoms with Crippen molar-refractivity contribution in [1.82, 2.24) is 4.31 Å². The van der Waals surface area contributed by atoms with Crippen LogP contribution in [-0.4, -0.2) is 44.9 Å². The van der Waals surface area contributed by atoms with Crippen LogP contribution in [0, 0.1) is 5.82 Å². The van der Waals surface area contributed by atoms with E-state index in [1.54, 1.807) is 0 Å². The number of benzene rings is 2. The van der Waals surface area contributed by atoms with E-state index >= 15 is 0 Å². The number of carbonyl (C=O) groups excluding carboxylic acids is 1. The number of hydrogen-bond donors (Lipinski definition) is 1. The third kappa shape index (κ3) is 4.59. The molecule has 1 aliphatic heterocycles. The molecular formula is C17H15Cl2FN2O4S. The molecule has 144 valence electrons. The molecule has 2 aromatic rings. The van der Waals surface area contributed by atoms with Gasteiger partial charge in [-0.25, -0.2) is 12.8 Å². The van der Waals surface area contributed by atoms with Gasteiger partial charge in [-0.1, -0.05) is 23.2 Å². The number of carbonyl (C=O) groups is 1. The van der Waals surface area contributed by atoms with Crippen LogP contribution in [0.3, 0.4) is 0 Å². The molecule has 0 aliphatic carbocycles. The smallest absolute Gasteiger partial charge is 0.255 e. The van der Waals surface area contributed by atoms with Gasteiger partial charge in [-0.15, -0.1) is 0 Å². The maximum atomic E-state index is 14.2. The Labute approximate surface area is 165 Å². The predicted octanol–water partition coefficient (Wildman–Crippen LogP) is 3.41. The van der Waals surface area contributed by atoms with Crippen molar-refractivity contribution in [3.05, 3.63) is 57.8 Å². The third-order valence-corrected chi connectivity index (χ3v) is 6.25. The molecule has 3 rings (SSSR count). The highest BCUT2D eigenvalue weighted by molar-refractivity contribution is 7.89. The van der Waals surface area contributed by atoms with E-state index in [1.807, 2.05) is 0 Å². The molecule has 1 aliphatic rings. The van der Waals surface area contributed by atoms with Crippen LogP contribution < -0.4 is 5.32 Å². The Balaban J connectivity index is 1.87. The van der Waals surface area contributed by atoms with E-state index in [4.69, 9.17) is 27.9 Å². The molecule has 6 nitrogen and oxygen atoms in total. The zero-order valence-electron chi connectivity index (χ0n) is 13.9. The number of nitrogens with zero attached hydrogens (tertiary/aromatic N) is 1. The van der Waals surface area contributed by atoms with Crippen molar-refractivity contribution in [2.75, 3.05) is 31.6 Å². The summed E-state index contributed by atoms with van der Waals surface area (Å²) < 4.78 is 45.9. The van der Waals surface area contributed by atoms with E-state index in [-0.39, 0.29) is 47.6 Å². The number of anilines is 1. The molecule has 0 unspecified atom stereocenters. The number of amides is 1. The number of sulfonamides is 1. The Hall–Kier alpha value is -1.71. The molecule has 1 N–H and O–H groups in total. The topological polar surface area (TPSA) is 75.7 Å². The van der Waals surface area contributed by atoms with Crippen LogP contribution in [-0.2, 0) is 14.8 Å². The molecule has 0 atom stereocenters. The van der Waals surface area contributed by atoms with E-state index in [1.165, 1.54) is 24.3 Å². The highest BCUT2D eigenvalue weighted by atomic mass is 35.5. The molecule has 0 spiro atoms. The molecule has 1 fully saturated rings. The van der Waals surface area contributed by atoms with Gasteiger partial charge in [-0.3, -0.25) is 4.79 Å². The first kappa shape index (κ1) is 20.0. The summed E-state index contributed by atoms with van der Waals surface area (Å²) in [5.74, 6) is -1.45.